The molecule has 1 aromatic rings. The standard InChI is InChI=1S/C14H20N4O3/c1-9(14(21)18(2)3)17-12(19)8-16-13(20)10-4-6-11(15)7-5-10/h4-7,9H,8,15H2,1-3H3,(H,16,20)(H,17,19). The van der Waals surface area contributed by atoms with Crippen molar-refractivity contribution >= 4 is 23.4 Å². The Kier molecular flexibility index (Phi) is 5.71. The number of likely N-dealkylation sites (N-methyl/N-ethyl adjacent to an activating group) is 1. The van der Waals surface area contributed by atoms with E-state index in [0.717, 1.165) is 0 Å². The van der Waals surface area contributed by atoms with Crippen molar-refractivity contribution in [1.82, 2.24) is 15.5 Å². The molecule has 0 heterocycles. The fourth-order valence-corrected chi connectivity index (χ4v) is 1.64. The third-order valence-corrected chi connectivity index (χ3v) is 2.77. The maximum atomic E-state index is 11.8. The zero-order valence-corrected chi connectivity index (χ0v) is 12.3. The van der Waals surface area contributed by atoms with Crippen LogP contribution in [0.3, 0.4) is 0 Å². The van der Waals surface area contributed by atoms with E-state index >= 15 is 0 Å². The lowest BCUT2D eigenvalue weighted by molar-refractivity contribution is -0.133. The SMILES string of the molecule is CC(NC(=O)CNC(=O)c1ccc(N)cc1)C(=O)N(C)C. The summed E-state index contributed by atoms with van der Waals surface area (Å²) in [6, 6.07) is 5.71. The smallest absolute Gasteiger partial charge is 0.251 e. The van der Waals surface area contributed by atoms with Gasteiger partial charge in [0.1, 0.15) is 6.04 Å². The molecule has 0 aliphatic rings. The highest BCUT2D eigenvalue weighted by Crippen LogP contribution is 2.04. The van der Waals surface area contributed by atoms with Crippen molar-refractivity contribution in [2.24, 2.45) is 0 Å². The van der Waals surface area contributed by atoms with Gasteiger partial charge in [0.05, 0.1) is 6.54 Å². The van der Waals surface area contributed by atoms with Crippen LogP contribution in [0.5, 0.6) is 0 Å². The van der Waals surface area contributed by atoms with Crippen LogP contribution in [0.4, 0.5) is 5.69 Å². The molecule has 0 bridgehead atoms. The van der Waals surface area contributed by atoms with E-state index in [9.17, 15) is 14.4 Å². The first-order valence-corrected chi connectivity index (χ1v) is 6.45. The Morgan fingerprint density at radius 3 is 2.29 bits per heavy atom. The minimum absolute atomic E-state index is 0.200. The Hall–Kier alpha value is -2.57. The van der Waals surface area contributed by atoms with Crippen LogP contribution in [-0.2, 0) is 9.59 Å². The van der Waals surface area contributed by atoms with E-state index < -0.39 is 11.9 Å². The van der Waals surface area contributed by atoms with Crippen molar-refractivity contribution in [1.29, 1.82) is 0 Å². The highest BCUT2D eigenvalue weighted by atomic mass is 16.2. The number of hydrogen-bond acceptors (Lipinski definition) is 4. The van der Waals surface area contributed by atoms with Crippen LogP contribution in [0.25, 0.3) is 0 Å². The largest absolute Gasteiger partial charge is 0.399 e. The fourth-order valence-electron chi connectivity index (χ4n) is 1.64. The maximum absolute atomic E-state index is 11.8. The van der Waals surface area contributed by atoms with Gasteiger partial charge in [-0.1, -0.05) is 0 Å². The Morgan fingerprint density at radius 1 is 1.19 bits per heavy atom. The molecular weight excluding hydrogens is 272 g/mol. The molecule has 0 radical (unpaired) electrons. The molecule has 3 amide bonds. The minimum atomic E-state index is -0.638. The summed E-state index contributed by atoms with van der Waals surface area (Å²) in [5, 5.41) is 4.99. The maximum Gasteiger partial charge on any atom is 0.251 e. The second kappa shape index (κ2) is 7.28. The van der Waals surface area contributed by atoms with Crippen LogP contribution in [0.2, 0.25) is 0 Å². The normalized spacial score (nSPS) is 11.4. The zero-order valence-electron chi connectivity index (χ0n) is 12.3. The van der Waals surface area contributed by atoms with Crippen molar-refractivity contribution in [2.75, 3.05) is 26.4 Å². The first-order chi connectivity index (χ1) is 9.81. The second-order valence-electron chi connectivity index (χ2n) is 4.83. The number of carbonyl (C=O) groups is 3. The fraction of sp³-hybridized carbons (Fsp3) is 0.357. The summed E-state index contributed by atoms with van der Waals surface area (Å²) >= 11 is 0. The minimum Gasteiger partial charge on any atom is -0.399 e. The molecule has 0 saturated carbocycles. The first-order valence-electron chi connectivity index (χ1n) is 6.45. The predicted octanol–water partition coefficient (Wildman–Crippen LogP) is -0.408. The van der Waals surface area contributed by atoms with Crippen LogP contribution < -0.4 is 16.4 Å². The number of amides is 3. The van der Waals surface area contributed by atoms with E-state index in [4.69, 9.17) is 5.73 Å². The monoisotopic (exact) mass is 292 g/mol. The van der Waals surface area contributed by atoms with Crippen LogP contribution in [0.1, 0.15) is 17.3 Å². The van der Waals surface area contributed by atoms with Gasteiger partial charge in [0.2, 0.25) is 11.8 Å². The summed E-state index contributed by atoms with van der Waals surface area (Å²) in [4.78, 5) is 36.4. The Bertz CT molecular complexity index is 526. The van der Waals surface area contributed by atoms with E-state index in [2.05, 4.69) is 10.6 Å². The van der Waals surface area contributed by atoms with Crippen LogP contribution in [0, 0.1) is 0 Å². The van der Waals surface area contributed by atoms with Crippen molar-refractivity contribution in [3.8, 4) is 0 Å². The Balaban J connectivity index is 2.44. The predicted molar refractivity (Wildman–Crippen MR) is 79.5 cm³/mol. The number of nitrogens with zero attached hydrogens (tertiary/aromatic N) is 1. The molecule has 1 atom stereocenters. The summed E-state index contributed by atoms with van der Waals surface area (Å²) in [5.41, 5.74) is 6.49. The number of carbonyl (C=O) groups excluding carboxylic acids is 3. The van der Waals surface area contributed by atoms with E-state index in [0.29, 0.717) is 11.3 Å². The second-order valence-corrected chi connectivity index (χ2v) is 4.83. The quantitative estimate of drug-likeness (QED) is 0.642. The lowest BCUT2D eigenvalue weighted by atomic mass is 10.2. The zero-order chi connectivity index (χ0) is 16.0. The number of anilines is 1. The number of nitrogens with one attached hydrogen (secondary N) is 2. The van der Waals surface area contributed by atoms with Crippen LogP contribution >= 0.6 is 0 Å². The average molecular weight is 292 g/mol. The first kappa shape index (κ1) is 16.5. The topological polar surface area (TPSA) is 105 Å². The van der Waals surface area contributed by atoms with E-state index in [-0.39, 0.29) is 18.4 Å². The molecular formula is C14H20N4O3. The highest BCUT2D eigenvalue weighted by Gasteiger charge is 2.17. The van der Waals surface area contributed by atoms with Gasteiger partial charge in [-0.15, -0.1) is 0 Å². The molecule has 4 N–H and O–H groups in total. The molecule has 114 valence electrons. The Labute approximate surface area is 123 Å². The van der Waals surface area contributed by atoms with Gasteiger partial charge in [0.25, 0.3) is 5.91 Å². The van der Waals surface area contributed by atoms with Crippen molar-refractivity contribution in [3.05, 3.63) is 29.8 Å². The lowest BCUT2D eigenvalue weighted by Gasteiger charge is -2.18. The highest BCUT2D eigenvalue weighted by molar-refractivity contribution is 5.97. The van der Waals surface area contributed by atoms with Gasteiger partial charge in [-0.3, -0.25) is 14.4 Å². The van der Waals surface area contributed by atoms with Gasteiger partial charge in [0.15, 0.2) is 0 Å². The van der Waals surface area contributed by atoms with Crippen LogP contribution in [-0.4, -0.2) is 49.3 Å². The number of rotatable bonds is 5. The molecule has 7 nitrogen and oxygen atoms in total. The summed E-state index contributed by atoms with van der Waals surface area (Å²) < 4.78 is 0. The molecule has 0 fully saturated rings. The van der Waals surface area contributed by atoms with Gasteiger partial charge >= 0.3 is 0 Å². The van der Waals surface area contributed by atoms with Gasteiger partial charge in [-0.2, -0.15) is 0 Å². The lowest BCUT2D eigenvalue weighted by Crippen LogP contribution is -2.47. The summed E-state index contributed by atoms with van der Waals surface area (Å²) in [6.07, 6.45) is 0. The molecule has 0 saturated heterocycles. The van der Waals surface area contributed by atoms with Crippen molar-refractivity contribution in [2.45, 2.75) is 13.0 Å². The summed E-state index contributed by atoms with van der Waals surface area (Å²) in [5.74, 6) is -1.02. The van der Waals surface area contributed by atoms with Crippen LogP contribution in [0.15, 0.2) is 24.3 Å². The molecule has 1 rings (SSSR count). The van der Waals surface area contributed by atoms with Gasteiger partial charge in [-0.05, 0) is 31.2 Å². The molecule has 1 aromatic carbocycles. The molecule has 21 heavy (non-hydrogen) atoms. The number of nitrogen functional groups attached to an aromatic ring is 1. The molecule has 1 unspecified atom stereocenters. The van der Waals surface area contributed by atoms with Gasteiger partial charge < -0.3 is 21.3 Å². The molecule has 0 aliphatic carbocycles. The number of hydrogen-bond donors (Lipinski definition) is 3. The van der Waals surface area contributed by atoms with E-state index in [1.165, 1.54) is 4.90 Å². The Morgan fingerprint density at radius 2 is 1.76 bits per heavy atom. The van der Waals surface area contributed by atoms with Gasteiger partial charge in [-0.25, -0.2) is 0 Å². The molecule has 7 heteroatoms. The van der Waals surface area contributed by atoms with Crippen molar-refractivity contribution < 1.29 is 14.4 Å². The molecule has 0 spiro atoms. The average Bonchev–Trinajstić information content (AvgIpc) is 2.44. The van der Waals surface area contributed by atoms with Crippen molar-refractivity contribution in [3.63, 3.8) is 0 Å². The molecule has 0 aromatic heterocycles. The third-order valence-electron chi connectivity index (χ3n) is 2.77. The third kappa shape index (κ3) is 5.13. The number of benzene rings is 1. The summed E-state index contributed by atoms with van der Waals surface area (Å²) in [7, 11) is 3.21. The van der Waals surface area contributed by atoms with E-state index in [1.54, 1.807) is 45.3 Å². The summed E-state index contributed by atoms with van der Waals surface area (Å²) in [6.45, 7) is 1.39. The molecule has 0 aliphatic heterocycles. The number of nitrogens with two attached hydrogens (primary N) is 1. The van der Waals surface area contributed by atoms with Gasteiger partial charge in [0, 0.05) is 25.3 Å². The van der Waals surface area contributed by atoms with E-state index in [1.807, 2.05) is 0 Å².